The average Bonchev–Trinajstić information content (AvgIpc) is 2.46. The molecule has 0 unspecified atom stereocenters. The quantitative estimate of drug-likeness (QED) is 0.831. The van der Waals surface area contributed by atoms with Crippen LogP contribution in [0.5, 0.6) is 0 Å². The lowest BCUT2D eigenvalue weighted by molar-refractivity contribution is 0.0299. The Hall–Kier alpha value is -1.69. The molecular formula is C13H19N3O3. The summed E-state index contributed by atoms with van der Waals surface area (Å²) >= 11 is 0. The highest BCUT2D eigenvalue weighted by molar-refractivity contribution is 5.86. The number of carbonyl (C=O) groups is 1. The fourth-order valence-electron chi connectivity index (χ4n) is 1.98. The van der Waals surface area contributed by atoms with E-state index in [1.54, 1.807) is 12.1 Å². The van der Waals surface area contributed by atoms with Crippen LogP contribution < -0.4 is 5.32 Å². The minimum absolute atomic E-state index is 0.213. The molecule has 6 heteroatoms. The summed E-state index contributed by atoms with van der Waals surface area (Å²) in [5.74, 6) is 0.191. The van der Waals surface area contributed by atoms with Gasteiger partial charge in [-0.2, -0.15) is 0 Å². The molecule has 1 saturated heterocycles. The van der Waals surface area contributed by atoms with Crippen LogP contribution in [-0.4, -0.2) is 43.0 Å². The lowest BCUT2D eigenvalue weighted by atomic mass is 9.82. The molecule has 1 aliphatic heterocycles. The number of esters is 1. The molecule has 0 spiro atoms. The van der Waals surface area contributed by atoms with Crippen molar-refractivity contribution < 1.29 is 14.3 Å². The Balaban J connectivity index is 1.91. The molecule has 1 aromatic heterocycles. The first-order valence-corrected chi connectivity index (χ1v) is 6.37. The molecule has 0 aliphatic carbocycles. The number of hydrogen-bond acceptors (Lipinski definition) is 6. The Kier molecular flexibility index (Phi) is 4.31. The Bertz CT molecular complexity index is 427. The standard InChI is InChI=1S/C13H19N3O3/c1-13(5-7-19-8-6-13)9-14-11-4-3-10(15-16-11)12(17)18-2/h3-4H,5-9H2,1-2H3,(H,14,16). The van der Waals surface area contributed by atoms with Crippen molar-refractivity contribution in [3.63, 3.8) is 0 Å². The number of aromatic nitrogens is 2. The minimum Gasteiger partial charge on any atom is -0.464 e. The highest BCUT2D eigenvalue weighted by Crippen LogP contribution is 2.29. The van der Waals surface area contributed by atoms with Gasteiger partial charge in [0.15, 0.2) is 5.69 Å². The van der Waals surface area contributed by atoms with Crippen molar-refractivity contribution in [3.05, 3.63) is 17.8 Å². The summed E-state index contributed by atoms with van der Waals surface area (Å²) in [5.41, 5.74) is 0.436. The average molecular weight is 265 g/mol. The van der Waals surface area contributed by atoms with E-state index in [0.29, 0.717) is 5.82 Å². The Morgan fingerprint density at radius 2 is 2.16 bits per heavy atom. The normalized spacial score (nSPS) is 17.8. The van der Waals surface area contributed by atoms with Gasteiger partial charge in [0, 0.05) is 19.8 Å². The lowest BCUT2D eigenvalue weighted by Crippen LogP contribution is -2.33. The summed E-state index contributed by atoms with van der Waals surface area (Å²) in [6.45, 7) is 4.68. The molecule has 1 aliphatic rings. The van der Waals surface area contributed by atoms with Gasteiger partial charge in [-0.25, -0.2) is 4.79 Å². The topological polar surface area (TPSA) is 73.3 Å². The second kappa shape index (κ2) is 5.97. The van der Waals surface area contributed by atoms with Crippen molar-refractivity contribution in [1.82, 2.24) is 10.2 Å². The first kappa shape index (κ1) is 13.7. The van der Waals surface area contributed by atoms with E-state index >= 15 is 0 Å². The van der Waals surface area contributed by atoms with Gasteiger partial charge in [0.1, 0.15) is 5.82 Å². The molecule has 0 atom stereocenters. The maximum atomic E-state index is 11.2. The maximum absolute atomic E-state index is 11.2. The van der Waals surface area contributed by atoms with Gasteiger partial charge in [0.25, 0.3) is 0 Å². The van der Waals surface area contributed by atoms with E-state index in [4.69, 9.17) is 4.74 Å². The SMILES string of the molecule is COC(=O)c1ccc(NCC2(C)CCOCC2)nn1. The van der Waals surface area contributed by atoms with Crippen LogP contribution in [0.2, 0.25) is 0 Å². The lowest BCUT2D eigenvalue weighted by Gasteiger charge is -2.33. The van der Waals surface area contributed by atoms with Gasteiger partial charge in [-0.1, -0.05) is 6.92 Å². The third-order valence-electron chi connectivity index (χ3n) is 3.46. The van der Waals surface area contributed by atoms with E-state index in [1.807, 2.05) is 0 Å². The molecule has 0 bridgehead atoms. The highest BCUT2D eigenvalue weighted by Gasteiger charge is 2.27. The van der Waals surface area contributed by atoms with Gasteiger partial charge in [-0.3, -0.25) is 0 Å². The molecule has 0 saturated carbocycles. The van der Waals surface area contributed by atoms with E-state index in [2.05, 4.69) is 27.2 Å². The number of rotatable bonds is 4. The van der Waals surface area contributed by atoms with E-state index in [0.717, 1.165) is 32.6 Å². The van der Waals surface area contributed by atoms with Crippen LogP contribution in [0, 0.1) is 5.41 Å². The summed E-state index contributed by atoms with van der Waals surface area (Å²) < 4.78 is 9.94. The van der Waals surface area contributed by atoms with Crippen LogP contribution >= 0.6 is 0 Å². The fraction of sp³-hybridized carbons (Fsp3) is 0.615. The molecular weight excluding hydrogens is 246 g/mol. The van der Waals surface area contributed by atoms with Gasteiger partial charge in [0.2, 0.25) is 0 Å². The zero-order valence-electron chi connectivity index (χ0n) is 11.3. The van der Waals surface area contributed by atoms with E-state index in [-0.39, 0.29) is 11.1 Å². The number of nitrogens with one attached hydrogen (secondary N) is 1. The Labute approximate surface area is 112 Å². The number of methoxy groups -OCH3 is 1. The zero-order chi connectivity index (χ0) is 13.7. The third-order valence-corrected chi connectivity index (χ3v) is 3.46. The van der Waals surface area contributed by atoms with Crippen molar-refractivity contribution in [2.24, 2.45) is 5.41 Å². The van der Waals surface area contributed by atoms with E-state index < -0.39 is 5.97 Å². The number of nitrogens with zero attached hydrogens (tertiary/aromatic N) is 2. The molecule has 2 heterocycles. The number of hydrogen-bond donors (Lipinski definition) is 1. The van der Waals surface area contributed by atoms with Crippen LogP contribution in [0.15, 0.2) is 12.1 Å². The molecule has 1 N–H and O–H groups in total. The summed E-state index contributed by atoms with van der Waals surface area (Å²) in [6.07, 6.45) is 2.07. The second-order valence-corrected chi connectivity index (χ2v) is 5.07. The number of anilines is 1. The van der Waals surface area contributed by atoms with Crippen LogP contribution in [0.3, 0.4) is 0 Å². The van der Waals surface area contributed by atoms with Gasteiger partial charge < -0.3 is 14.8 Å². The molecule has 2 rings (SSSR count). The molecule has 0 aromatic carbocycles. The van der Waals surface area contributed by atoms with E-state index in [9.17, 15) is 4.79 Å². The molecule has 1 aromatic rings. The van der Waals surface area contributed by atoms with Gasteiger partial charge in [0.05, 0.1) is 7.11 Å². The van der Waals surface area contributed by atoms with Crippen LogP contribution in [0.1, 0.15) is 30.3 Å². The smallest absolute Gasteiger partial charge is 0.358 e. The van der Waals surface area contributed by atoms with Crippen LogP contribution in [0.25, 0.3) is 0 Å². The molecule has 19 heavy (non-hydrogen) atoms. The number of carbonyl (C=O) groups excluding carboxylic acids is 1. The summed E-state index contributed by atoms with van der Waals surface area (Å²) in [7, 11) is 1.32. The van der Waals surface area contributed by atoms with Gasteiger partial charge >= 0.3 is 5.97 Å². The largest absolute Gasteiger partial charge is 0.464 e. The molecule has 0 amide bonds. The summed E-state index contributed by atoms with van der Waals surface area (Å²) in [5, 5.41) is 11.1. The first-order chi connectivity index (χ1) is 9.13. The monoisotopic (exact) mass is 265 g/mol. The van der Waals surface area contributed by atoms with E-state index in [1.165, 1.54) is 7.11 Å². The minimum atomic E-state index is -0.476. The van der Waals surface area contributed by atoms with Crippen molar-refractivity contribution in [2.75, 3.05) is 32.2 Å². The van der Waals surface area contributed by atoms with Gasteiger partial charge in [-0.05, 0) is 30.4 Å². The predicted octanol–water partition coefficient (Wildman–Crippen LogP) is 1.49. The Morgan fingerprint density at radius 1 is 1.42 bits per heavy atom. The van der Waals surface area contributed by atoms with Crippen LogP contribution in [-0.2, 0) is 9.47 Å². The van der Waals surface area contributed by atoms with Gasteiger partial charge in [-0.15, -0.1) is 10.2 Å². The second-order valence-electron chi connectivity index (χ2n) is 5.07. The molecule has 104 valence electrons. The number of ether oxygens (including phenoxy) is 2. The van der Waals surface area contributed by atoms with Crippen LogP contribution in [0.4, 0.5) is 5.82 Å². The molecule has 1 fully saturated rings. The van der Waals surface area contributed by atoms with Crippen molar-refractivity contribution >= 4 is 11.8 Å². The molecule has 0 radical (unpaired) electrons. The summed E-state index contributed by atoms with van der Waals surface area (Å²) in [6, 6.07) is 3.34. The zero-order valence-corrected chi connectivity index (χ0v) is 11.3. The predicted molar refractivity (Wildman–Crippen MR) is 70.0 cm³/mol. The third kappa shape index (κ3) is 3.64. The fourth-order valence-corrected chi connectivity index (χ4v) is 1.98. The van der Waals surface area contributed by atoms with Crippen molar-refractivity contribution in [1.29, 1.82) is 0 Å². The van der Waals surface area contributed by atoms with Crippen molar-refractivity contribution in [2.45, 2.75) is 19.8 Å². The molecule has 6 nitrogen and oxygen atoms in total. The summed E-state index contributed by atoms with van der Waals surface area (Å²) in [4.78, 5) is 11.2. The van der Waals surface area contributed by atoms with Crippen molar-refractivity contribution in [3.8, 4) is 0 Å². The maximum Gasteiger partial charge on any atom is 0.358 e. The first-order valence-electron chi connectivity index (χ1n) is 6.37. The Morgan fingerprint density at radius 3 is 2.74 bits per heavy atom. The highest BCUT2D eigenvalue weighted by atomic mass is 16.5.